The Balaban J connectivity index is 3.13. The van der Waals surface area contributed by atoms with Gasteiger partial charge >= 0.3 is 5.97 Å². The Morgan fingerprint density at radius 3 is 1.00 bits per heavy atom. The minimum absolute atomic E-state index is 0.0175. The number of hydrogen-bond acceptors (Lipinski definition) is 2. The number of ether oxygens (including phenoxy) is 1. The molecule has 274 valence electrons. The zero-order valence-electron chi connectivity index (χ0n) is 32.0. The predicted molar refractivity (Wildman–Crippen MR) is 207 cm³/mol. The lowest BCUT2D eigenvalue weighted by atomic mass is 10.0. The summed E-state index contributed by atoms with van der Waals surface area (Å²) in [6, 6.07) is 0. The van der Waals surface area contributed by atoms with Crippen molar-refractivity contribution in [3.05, 3.63) is 12.2 Å². The van der Waals surface area contributed by atoms with E-state index < -0.39 is 0 Å². The van der Waals surface area contributed by atoms with E-state index in [9.17, 15) is 4.79 Å². The Morgan fingerprint density at radius 1 is 0.348 bits per heavy atom. The van der Waals surface area contributed by atoms with Gasteiger partial charge in [0.05, 0.1) is 6.61 Å². The van der Waals surface area contributed by atoms with Gasteiger partial charge in [-0.25, -0.2) is 0 Å². The van der Waals surface area contributed by atoms with Crippen LogP contribution in [0.1, 0.15) is 258 Å². The van der Waals surface area contributed by atoms with E-state index in [-0.39, 0.29) is 5.97 Å². The van der Waals surface area contributed by atoms with Crippen LogP contribution in [0.15, 0.2) is 12.2 Å². The third-order valence-electron chi connectivity index (χ3n) is 9.90. The average Bonchev–Trinajstić information content (AvgIpc) is 3.06. The van der Waals surface area contributed by atoms with E-state index >= 15 is 0 Å². The fraction of sp³-hybridized carbons (Fsp3) is 0.932. The molecule has 0 saturated heterocycles. The molecule has 0 aliphatic rings. The monoisotopic (exact) mass is 647 g/mol. The quantitative estimate of drug-likeness (QED) is 0.0376. The summed E-state index contributed by atoms with van der Waals surface area (Å²) in [6.07, 6.45) is 56.1. The summed E-state index contributed by atoms with van der Waals surface area (Å²) in [5, 5.41) is 0. The van der Waals surface area contributed by atoms with Crippen LogP contribution < -0.4 is 0 Å². The van der Waals surface area contributed by atoms with Crippen molar-refractivity contribution in [1.29, 1.82) is 0 Å². The average molecular weight is 647 g/mol. The lowest BCUT2D eigenvalue weighted by Gasteiger charge is -2.06. The van der Waals surface area contributed by atoms with E-state index in [1.165, 1.54) is 218 Å². The molecule has 0 aromatic heterocycles. The molecule has 0 aliphatic carbocycles. The van der Waals surface area contributed by atoms with Crippen molar-refractivity contribution >= 4 is 5.97 Å². The van der Waals surface area contributed by atoms with Crippen molar-refractivity contribution in [3.63, 3.8) is 0 Å². The first kappa shape index (κ1) is 45.2. The van der Waals surface area contributed by atoms with Gasteiger partial charge in [0, 0.05) is 6.42 Å². The van der Waals surface area contributed by atoms with E-state index in [0.29, 0.717) is 13.0 Å². The molecular formula is C44H86O2. The van der Waals surface area contributed by atoms with Gasteiger partial charge in [-0.15, -0.1) is 0 Å². The van der Waals surface area contributed by atoms with Crippen molar-refractivity contribution in [3.8, 4) is 0 Å². The van der Waals surface area contributed by atoms with Gasteiger partial charge in [-0.1, -0.05) is 231 Å². The Kier molecular flexibility index (Phi) is 41.5. The molecule has 0 N–H and O–H groups in total. The molecule has 0 rings (SSSR count). The van der Waals surface area contributed by atoms with Crippen LogP contribution in [-0.2, 0) is 9.53 Å². The molecule has 0 aliphatic heterocycles. The van der Waals surface area contributed by atoms with E-state index in [4.69, 9.17) is 4.74 Å². The maximum Gasteiger partial charge on any atom is 0.305 e. The summed E-state index contributed by atoms with van der Waals surface area (Å²) >= 11 is 0. The van der Waals surface area contributed by atoms with Gasteiger partial charge in [0.1, 0.15) is 0 Å². The Bertz CT molecular complexity index is 582. The molecule has 0 fully saturated rings. The Labute approximate surface area is 291 Å². The predicted octanol–water partition coefficient (Wildman–Crippen LogP) is 15.9. The molecule has 0 aromatic carbocycles. The summed E-state index contributed by atoms with van der Waals surface area (Å²) in [7, 11) is 0. The van der Waals surface area contributed by atoms with E-state index in [2.05, 4.69) is 26.0 Å². The smallest absolute Gasteiger partial charge is 0.305 e. The van der Waals surface area contributed by atoms with E-state index in [1.54, 1.807) is 0 Å². The number of rotatable bonds is 40. The minimum atomic E-state index is 0.0175. The molecule has 0 saturated carbocycles. The number of allylic oxidation sites excluding steroid dienone is 2. The second-order valence-corrected chi connectivity index (χ2v) is 14.7. The fourth-order valence-corrected chi connectivity index (χ4v) is 6.65. The van der Waals surface area contributed by atoms with Crippen LogP contribution in [0.4, 0.5) is 0 Å². The summed E-state index contributed by atoms with van der Waals surface area (Å²) in [6.45, 7) is 5.18. The van der Waals surface area contributed by atoms with Crippen LogP contribution >= 0.6 is 0 Å². The van der Waals surface area contributed by atoms with E-state index in [1.807, 2.05) is 0 Å². The molecule has 0 heterocycles. The summed E-state index contributed by atoms with van der Waals surface area (Å²) < 4.78 is 5.44. The van der Waals surface area contributed by atoms with Gasteiger partial charge in [0.15, 0.2) is 0 Å². The second-order valence-electron chi connectivity index (χ2n) is 14.7. The van der Waals surface area contributed by atoms with Gasteiger partial charge in [0.2, 0.25) is 0 Å². The zero-order valence-corrected chi connectivity index (χ0v) is 32.0. The molecule has 0 spiro atoms. The third-order valence-corrected chi connectivity index (χ3v) is 9.90. The topological polar surface area (TPSA) is 26.3 Å². The SMILES string of the molecule is CCCC/C=C\CCCCCCCC(=O)OCCCCCCCCCCCCCCCCCCCCCCCCCCCCCC. The van der Waals surface area contributed by atoms with Crippen LogP contribution in [0.25, 0.3) is 0 Å². The summed E-state index contributed by atoms with van der Waals surface area (Å²) in [4.78, 5) is 11.9. The van der Waals surface area contributed by atoms with Gasteiger partial charge in [-0.3, -0.25) is 4.79 Å². The summed E-state index contributed by atoms with van der Waals surface area (Å²) in [5.41, 5.74) is 0. The molecular weight excluding hydrogens is 560 g/mol. The van der Waals surface area contributed by atoms with Gasteiger partial charge in [0.25, 0.3) is 0 Å². The second kappa shape index (κ2) is 42.2. The van der Waals surface area contributed by atoms with Crippen LogP contribution in [0.3, 0.4) is 0 Å². The van der Waals surface area contributed by atoms with Crippen LogP contribution in [-0.4, -0.2) is 12.6 Å². The molecule has 0 amide bonds. The minimum Gasteiger partial charge on any atom is -0.466 e. The molecule has 0 unspecified atom stereocenters. The molecule has 2 nitrogen and oxygen atoms in total. The van der Waals surface area contributed by atoms with Crippen molar-refractivity contribution < 1.29 is 9.53 Å². The van der Waals surface area contributed by atoms with Gasteiger partial charge < -0.3 is 4.74 Å². The third kappa shape index (κ3) is 41.2. The number of unbranched alkanes of at least 4 members (excludes halogenated alkanes) is 34. The van der Waals surface area contributed by atoms with Crippen molar-refractivity contribution in [2.75, 3.05) is 6.61 Å². The largest absolute Gasteiger partial charge is 0.466 e. The highest BCUT2D eigenvalue weighted by Crippen LogP contribution is 2.16. The van der Waals surface area contributed by atoms with Gasteiger partial charge in [-0.05, 0) is 32.1 Å². The first-order valence-electron chi connectivity index (χ1n) is 21.6. The lowest BCUT2D eigenvalue weighted by Crippen LogP contribution is -2.05. The molecule has 0 bridgehead atoms. The lowest BCUT2D eigenvalue weighted by molar-refractivity contribution is -0.143. The van der Waals surface area contributed by atoms with E-state index in [0.717, 1.165) is 19.3 Å². The highest BCUT2D eigenvalue weighted by molar-refractivity contribution is 5.69. The molecule has 0 atom stereocenters. The Hall–Kier alpha value is -0.790. The maximum absolute atomic E-state index is 11.9. The normalized spacial score (nSPS) is 11.6. The number of carbonyl (C=O) groups is 1. The van der Waals surface area contributed by atoms with Crippen molar-refractivity contribution in [1.82, 2.24) is 0 Å². The standard InChI is InChI=1S/C44H86O2/c1-3-5-7-9-11-13-15-16-17-18-19-20-21-22-23-24-25-26-27-28-29-30-31-33-35-37-39-41-43-46-44(45)42-40-38-36-34-32-14-12-10-8-6-4-2/h10,12H,3-9,11,13-43H2,1-2H3/b12-10-. The first-order chi connectivity index (χ1) is 22.8. The number of hydrogen-bond donors (Lipinski definition) is 0. The maximum atomic E-state index is 11.9. The highest BCUT2D eigenvalue weighted by atomic mass is 16.5. The molecule has 0 radical (unpaired) electrons. The number of esters is 1. The van der Waals surface area contributed by atoms with Gasteiger partial charge in [-0.2, -0.15) is 0 Å². The highest BCUT2D eigenvalue weighted by Gasteiger charge is 2.03. The van der Waals surface area contributed by atoms with Crippen LogP contribution in [0.2, 0.25) is 0 Å². The molecule has 0 aromatic rings. The van der Waals surface area contributed by atoms with Crippen molar-refractivity contribution in [2.24, 2.45) is 0 Å². The zero-order chi connectivity index (χ0) is 33.3. The van der Waals surface area contributed by atoms with Crippen LogP contribution in [0, 0.1) is 0 Å². The Morgan fingerprint density at radius 2 is 0.630 bits per heavy atom. The first-order valence-corrected chi connectivity index (χ1v) is 21.6. The van der Waals surface area contributed by atoms with Crippen LogP contribution in [0.5, 0.6) is 0 Å². The fourth-order valence-electron chi connectivity index (χ4n) is 6.65. The number of carbonyl (C=O) groups excluding carboxylic acids is 1. The molecule has 2 heteroatoms. The molecule has 46 heavy (non-hydrogen) atoms. The van der Waals surface area contributed by atoms with Crippen molar-refractivity contribution in [2.45, 2.75) is 258 Å². The summed E-state index contributed by atoms with van der Waals surface area (Å²) in [5.74, 6) is 0.0175.